The molecular formula is C28H31N5O2. The highest BCUT2D eigenvalue weighted by atomic mass is 16.5. The van der Waals surface area contributed by atoms with Crippen LogP contribution in [0.15, 0.2) is 48.7 Å². The largest absolute Gasteiger partial charge is 0.507 e. The second kappa shape index (κ2) is 8.64. The molecule has 7 nitrogen and oxygen atoms in total. The van der Waals surface area contributed by atoms with Gasteiger partial charge in [-0.1, -0.05) is 13.0 Å². The second-order valence-corrected chi connectivity index (χ2v) is 10.2. The Kier molecular flexibility index (Phi) is 5.44. The van der Waals surface area contributed by atoms with Crippen molar-refractivity contribution in [1.29, 1.82) is 0 Å². The number of ether oxygens (including phenoxy) is 1. The van der Waals surface area contributed by atoms with Gasteiger partial charge < -0.3 is 9.84 Å². The first kappa shape index (κ1) is 22.0. The summed E-state index contributed by atoms with van der Waals surface area (Å²) in [6, 6.07) is 14.5. The first-order valence-electron chi connectivity index (χ1n) is 12.4. The van der Waals surface area contributed by atoms with E-state index in [9.17, 15) is 5.11 Å². The summed E-state index contributed by atoms with van der Waals surface area (Å²) in [4.78, 5) is 2.60. The first-order valence-corrected chi connectivity index (χ1v) is 12.4. The predicted molar refractivity (Wildman–Crippen MR) is 137 cm³/mol. The molecule has 0 amide bonds. The van der Waals surface area contributed by atoms with Gasteiger partial charge in [0.2, 0.25) is 0 Å². The van der Waals surface area contributed by atoms with Crippen molar-refractivity contribution in [3.63, 3.8) is 0 Å². The molecular weight excluding hydrogens is 438 g/mol. The van der Waals surface area contributed by atoms with Gasteiger partial charge in [0, 0.05) is 49.2 Å². The van der Waals surface area contributed by atoms with Crippen LogP contribution in [0.2, 0.25) is 0 Å². The van der Waals surface area contributed by atoms with Crippen LogP contribution in [0.25, 0.3) is 33.3 Å². The number of benzene rings is 2. The Hall–Kier alpha value is -3.45. The minimum atomic E-state index is 0.181. The van der Waals surface area contributed by atoms with Crippen LogP contribution in [0.5, 0.6) is 11.5 Å². The number of phenols is 1. The zero-order valence-corrected chi connectivity index (χ0v) is 20.5. The van der Waals surface area contributed by atoms with E-state index in [1.807, 2.05) is 37.5 Å². The summed E-state index contributed by atoms with van der Waals surface area (Å²) in [5.74, 6) is 2.21. The Labute approximate surface area is 205 Å². The quantitative estimate of drug-likeness (QED) is 0.443. The monoisotopic (exact) mass is 469 g/mol. The summed E-state index contributed by atoms with van der Waals surface area (Å²) in [6.07, 6.45) is 5.97. The maximum absolute atomic E-state index is 10.8. The van der Waals surface area contributed by atoms with Crippen LogP contribution in [0.3, 0.4) is 0 Å². The fourth-order valence-electron chi connectivity index (χ4n) is 5.68. The van der Waals surface area contributed by atoms with Gasteiger partial charge in [0.15, 0.2) is 0 Å². The molecule has 2 atom stereocenters. The smallest absolute Gasteiger partial charge is 0.147 e. The molecule has 0 spiro atoms. The number of likely N-dealkylation sites (tertiary alicyclic amines) is 1. The van der Waals surface area contributed by atoms with Crippen molar-refractivity contribution in [1.82, 2.24) is 24.9 Å². The Morgan fingerprint density at radius 2 is 1.86 bits per heavy atom. The summed E-state index contributed by atoms with van der Waals surface area (Å²) in [7, 11) is 3.54. The van der Waals surface area contributed by atoms with Crippen LogP contribution >= 0.6 is 0 Å². The molecule has 1 aliphatic heterocycles. The molecule has 6 rings (SSSR count). The number of hydrogen-bond acceptors (Lipinski definition) is 6. The number of fused-ring (bicyclic) bond motifs is 1. The van der Waals surface area contributed by atoms with Crippen molar-refractivity contribution in [2.75, 3.05) is 20.2 Å². The van der Waals surface area contributed by atoms with Gasteiger partial charge in [-0.25, -0.2) is 0 Å². The summed E-state index contributed by atoms with van der Waals surface area (Å²) >= 11 is 0. The summed E-state index contributed by atoms with van der Waals surface area (Å²) in [6.45, 7) is 4.52. The van der Waals surface area contributed by atoms with Crippen LogP contribution < -0.4 is 4.74 Å². The lowest BCUT2D eigenvalue weighted by Gasteiger charge is -2.43. The zero-order valence-electron chi connectivity index (χ0n) is 20.5. The molecule has 1 aliphatic carbocycles. The highest BCUT2D eigenvalue weighted by Gasteiger charge is 2.36. The van der Waals surface area contributed by atoms with Crippen molar-refractivity contribution in [3.8, 4) is 33.9 Å². The average molecular weight is 470 g/mol. The van der Waals surface area contributed by atoms with Gasteiger partial charge in [-0.3, -0.25) is 9.58 Å². The van der Waals surface area contributed by atoms with Crippen LogP contribution in [0.1, 0.15) is 37.8 Å². The van der Waals surface area contributed by atoms with Gasteiger partial charge in [-0.2, -0.15) is 15.3 Å². The molecule has 0 bridgehead atoms. The van der Waals surface area contributed by atoms with Crippen molar-refractivity contribution in [3.05, 3.63) is 54.4 Å². The average Bonchev–Trinajstić information content (AvgIpc) is 3.42. The highest BCUT2D eigenvalue weighted by molar-refractivity contribution is 5.90. The number of rotatable bonds is 5. The fraction of sp³-hybridized carbons (Fsp3) is 0.393. The van der Waals surface area contributed by atoms with Crippen LogP contribution in [-0.2, 0) is 7.05 Å². The standard InChI is InChI=1S/C28H31N5O2/c1-17-4-6-22(10-17)33-15-21(16-33)24-8-9-25(30-29-24)23-7-5-18(12-26(23)34)19-11-20-14-32(2)31-28(20)27(13-19)35-3/h5,7-9,11-14,17,21-22,34H,4,6,10,15-16H2,1-3H3. The molecule has 1 saturated heterocycles. The molecule has 2 fully saturated rings. The lowest BCUT2D eigenvalue weighted by Crippen LogP contribution is -2.50. The number of methoxy groups -OCH3 is 1. The second-order valence-electron chi connectivity index (χ2n) is 10.2. The summed E-state index contributed by atoms with van der Waals surface area (Å²) in [5.41, 5.74) is 5.08. The van der Waals surface area contributed by atoms with E-state index in [1.165, 1.54) is 19.3 Å². The molecule has 2 unspecified atom stereocenters. The molecule has 4 aromatic rings. The molecule has 1 saturated carbocycles. The van der Waals surface area contributed by atoms with E-state index in [4.69, 9.17) is 4.74 Å². The highest BCUT2D eigenvalue weighted by Crippen LogP contribution is 2.38. The number of aromatic hydroxyl groups is 1. The van der Waals surface area contributed by atoms with Gasteiger partial charge in [0.05, 0.1) is 18.5 Å². The zero-order chi connectivity index (χ0) is 24.1. The van der Waals surface area contributed by atoms with Crippen molar-refractivity contribution >= 4 is 10.9 Å². The fourth-order valence-corrected chi connectivity index (χ4v) is 5.68. The molecule has 2 aromatic heterocycles. The minimum Gasteiger partial charge on any atom is -0.507 e. The Balaban J connectivity index is 1.19. The number of hydrogen-bond donors (Lipinski definition) is 1. The number of aromatic nitrogens is 4. The third kappa shape index (κ3) is 4.04. The van der Waals surface area contributed by atoms with E-state index in [1.54, 1.807) is 17.9 Å². The van der Waals surface area contributed by atoms with Crippen molar-refractivity contribution < 1.29 is 9.84 Å². The molecule has 35 heavy (non-hydrogen) atoms. The molecule has 3 heterocycles. The van der Waals surface area contributed by atoms with E-state index in [-0.39, 0.29) is 5.75 Å². The lowest BCUT2D eigenvalue weighted by molar-refractivity contribution is 0.0902. The topological polar surface area (TPSA) is 76.3 Å². The van der Waals surface area contributed by atoms with E-state index >= 15 is 0 Å². The molecule has 7 heteroatoms. The van der Waals surface area contributed by atoms with Gasteiger partial charge in [-0.15, -0.1) is 0 Å². The third-order valence-corrected chi connectivity index (χ3v) is 7.71. The SMILES string of the molecule is COc1cc(-c2ccc(-c3ccc(C4CN(C5CCC(C)C5)C4)nn3)c(O)c2)cc2cn(C)nc12. The Bertz CT molecular complexity index is 1370. The summed E-state index contributed by atoms with van der Waals surface area (Å²) < 4.78 is 7.33. The van der Waals surface area contributed by atoms with Crippen LogP contribution in [0.4, 0.5) is 0 Å². The number of aryl methyl sites for hydroxylation is 1. The normalized spacial score (nSPS) is 20.9. The molecule has 2 aromatic carbocycles. The molecule has 1 N–H and O–H groups in total. The van der Waals surface area contributed by atoms with E-state index in [2.05, 4.69) is 39.3 Å². The first-order chi connectivity index (χ1) is 17.0. The van der Waals surface area contributed by atoms with Crippen molar-refractivity contribution in [2.24, 2.45) is 13.0 Å². The van der Waals surface area contributed by atoms with Gasteiger partial charge in [0.1, 0.15) is 17.0 Å². The Morgan fingerprint density at radius 3 is 2.54 bits per heavy atom. The van der Waals surface area contributed by atoms with E-state index < -0.39 is 0 Å². The van der Waals surface area contributed by atoms with Crippen molar-refractivity contribution in [2.45, 2.75) is 38.1 Å². The number of phenolic OH excluding ortho intramolecular Hbond substituents is 1. The lowest BCUT2D eigenvalue weighted by atomic mass is 9.93. The maximum atomic E-state index is 10.8. The van der Waals surface area contributed by atoms with Gasteiger partial charge >= 0.3 is 0 Å². The molecule has 0 radical (unpaired) electrons. The maximum Gasteiger partial charge on any atom is 0.147 e. The predicted octanol–water partition coefficient (Wildman–Crippen LogP) is 5.00. The Morgan fingerprint density at radius 1 is 1.00 bits per heavy atom. The number of nitrogens with zero attached hydrogens (tertiary/aromatic N) is 5. The van der Waals surface area contributed by atoms with E-state index in [0.29, 0.717) is 22.9 Å². The third-order valence-electron chi connectivity index (χ3n) is 7.71. The van der Waals surface area contributed by atoms with Crippen LogP contribution in [0, 0.1) is 5.92 Å². The van der Waals surface area contributed by atoms with Gasteiger partial charge in [-0.05, 0) is 72.7 Å². The van der Waals surface area contributed by atoms with E-state index in [0.717, 1.165) is 52.8 Å². The van der Waals surface area contributed by atoms with Crippen LogP contribution in [-0.4, -0.2) is 56.2 Å². The summed E-state index contributed by atoms with van der Waals surface area (Å²) in [5, 5.41) is 25.3. The minimum absolute atomic E-state index is 0.181. The molecule has 2 aliphatic rings. The molecule has 180 valence electrons. The van der Waals surface area contributed by atoms with Gasteiger partial charge in [0.25, 0.3) is 0 Å².